The van der Waals surface area contributed by atoms with E-state index in [9.17, 15) is 18.0 Å². The second-order valence-electron chi connectivity index (χ2n) is 9.42. The Morgan fingerprint density at radius 2 is 1.82 bits per heavy atom. The summed E-state index contributed by atoms with van der Waals surface area (Å²) in [5.41, 5.74) is 2.73. The molecule has 2 aromatic carbocycles. The molecule has 0 bridgehead atoms. The van der Waals surface area contributed by atoms with Crippen LogP contribution in [0.15, 0.2) is 42.5 Å². The van der Waals surface area contributed by atoms with Crippen molar-refractivity contribution in [3.05, 3.63) is 53.7 Å². The number of carbonyl (C=O) groups excluding carboxylic acids is 1. The molecular formula is C29H36F3N5O2. The largest absolute Gasteiger partial charge is 0.495 e. The fourth-order valence-corrected chi connectivity index (χ4v) is 4.44. The van der Waals surface area contributed by atoms with Crippen molar-refractivity contribution in [3.8, 4) is 17.6 Å². The number of anilines is 2. The summed E-state index contributed by atoms with van der Waals surface area (Å²) in [4.78, 5) is 13.2. The van der Waals surface area contributed by atoms with Crippen molar-refractivity contribution < 1.29 is 22.7 Å². The number of rotatable bonds is 7. The Morgan fingerprint density at radius 1 is 1.10 bits per heavy atom. The number of benzene rings is 2. The summed E-state index contributed by atoms with van der Waals surface area (Å²) in [5, 5.41) is 10.1. The number of methoxy groups -OCH3 is 1. The first-order valence-corrected chi connectivity index (χ1v) is 12.8. The van der Waals surface area contributed by atoms with E-state index in [2.05, 4.69) is 39.7 Å². The minimum atomic E-state index is -4.38. The molecular weight excluding hydrogens is 507 g/mol. The maximum atomic E-state index is 13.5. The molecule has 3 aromatic rings. The lowest BCUT2D eigenvalue weighted by molar-refractivity contribution is -0.140. The molecule has 4 rings (SSSR count). The van der Waals surface area contributed by atoms with Gasteiger partial charge in [-0.05, 0) is 89.4 Å². The molecule has 1 aliphatic rings. The molecule has 1 aromatic heterocycles. The topological polar surface area (TPSA) is 70.6 Å². The Labute approximate surface area is 227 Å². The van der Waals surface area contributed by atoms with Crippen molar-refractivity contribution in [2.75, 3.05) is 58.5 Å². The van der Waals surface area contributed by atoms with Crippen molar-refractivity contribution in [3.63, 3.8) is 0 Å². The normalized spacial score (nSPS) is 14.1. The second-order valence-corrected chi connectivity index (χ2v) is 9.42. The highest BCUT2D eigenvalue weighted by atomic mass is 19.4. The van der Waals surface area contributed by atoms with E-state index in [1.807, 2.05) is 20.2 Å². The van der Waals surface area contributed by atoms with E-state index in [-0.39, 0.29) is 12.6 Å². The predicted octanol–water partition coefficient (Wildman–Crippen LogP) is 4.83. The molecule has 1 aliphatic heterocycles. The average Bonchev–Trinajstić information content (AvgIpc) is 3.25. The number of ether oxygens (including phenoxy) is 1. The molecule has 0 amide bonds. The lowest BCUT2D eigenvalue weighted by atomic mass is 10.0. The molecule has 3 N–H and O–H groups in total. The number of alkyl halides is 3. The van der Waals surface area contributed by atoms with E-state index in [0.29, 0.717) is 28.2 Å². The van der Waals surface area contributed by atoms with Gasteiger partial charge in [-0.1, -0.05) is 12.0 Å². The Morgan fingerprint density at radius 3 is 2.46 bits per heavy atom. The third-order valence-electron chi connectivity index (χ3n) is 6.31. The lowest BCUT2D eigenvalue weighted by Crippen LogP contribution is -2.36. The van der Waals surface area contributed by atoms with Crippen LogP contribution in [0.4, 0.5) is 24.5 Å². The molecule has 210 valence electrons. The first-order chi connectivity index (χ1) is 18.7. The van der Waals surface area contributed by atoms with Crippen LogP contribution in [0.25, 0.3) is 10.9 Å². The Kier molecular flexibility index (Phi) is 10.7. The van der Waals surface area contributed by atoms with Crippen molar-refractivity contribution in [2.45, 2.75) is 31.6 Å². The maximum absolute atomic E-state index is 13.5. The second kappa shape index (κ2) is 13.9. The van der Waals surface area contributed by atoms with Gasteiger partial charge in [-0.15, -0.1) is 0 Å². The van der Waals surface area contributed by atoms with Crippen molar-refractivity contribution in [1.29, 1.82) is 0 Å². The van der Waals surface area contributed by atoms with E-state index in [1.54, 1.807) is 36.4 Å². The molecule has 0 aliphatic carbocycles. The SMILES string of the molecule is CNC.COc1cc(C=O)ccc1NCC#Cc1cc2c(NC3CCN(C)CC3)cccc2n1CC(F)(F)F. The third-order valence-corrected chi connectivity index (χ3v) is 6.31. The van der Waals surface area contributed by atoms with Gasteiger partial charge in [-0.2, -0.15) is 13.2 Å². The summed E-state index contributed by atoms with van der Waals surface area (Å²) in [6.45, 7) is 1.03. The quantitative estimate of drug-likeness (QED) is 0.293. The molecule has 1 fully saturated rings. The van der Waals surface area contributed by atoms with E-state index in [4.69, 9.17) is 4.74 Å². The van der Waals surface area contributed by atoms with Crippen LogP contribution in [0.1, 0.15) is 28.9 Å². The first-order valence-electron chi connectivity index (χ1n) is 12.8. The molecule has 7 nitrogen and oxygen atoms in total. The number of hydrogen-bond donors (Lipinski definition) is 3. The zero-order chi connectivity index (χ0) is 28.4. The minimum Gasteiger partial charge on any atom is -0.495 e. The number of likely N-dealkylation sites (tertiary alicyclic amines) is 1. The number of aldehydes is 1. The minimum absolute atomic E-state index is 0.186. The average molecular weight is 544 g/mol. The van der Waals surface area contributed by atoms with Crippen molar-refractivity contribution in [1.82, 2.24) is 14.8 Å². The van der Waals surface area contributed by atoms with Gasteiger partial charge in [0.05, 0.1) is 30.6 Å². The number of hydrogen-bond acceptors (Lipinski definition) is 6. The molecule has 0 spiro atoms. The van der Waals surface area contributed by atoms with E-state index >= 15 is 0 Å². The number of carbonyl (C=O) groups is 1. The molecule has 39 heavy (non-hydrogen) atoms. The van der Waals surface area contributed by atoms with Gasteiger partial charge in [0, 0.05) is 22.7 Å². The smallest absolute Gasteiger partial charge is 0.406 e. The van der Waals surface area contributed by atoms with E-state index < -0.39 is 12.7 Å². The molecule has 2 heterocycles. The fourth-order valence-electron chi connectivity index (χ4n) is 4.44. The van der Waals surface area contributed by atoms with Gasteiger partial charge in [0.1, 0.15) is 18.6 Å². The van der Waals surface area contributed by atoms with Crippen LogP contribution in [0.3, 0.4) is 0 Å². The van der Waals surface area contributed by atoms with Crippen LogP contribution in [0.5, 0.6) is 5.75 Å². The van der Waals surface area contributed by atoms with Gasteiger partial charge < -0.3 is 30.2 Å². The van der Waals surface area contributed by atoms with E-state index in [0.717, 1.165) is 43.3 Å². The van der Waals surface area contributed by atoms with Crippen LogP contribution in [-0.2, 0) is 6.54 Å². The number of fused-ring (bicyclic) bond motifs is 1. The first kappa shape index (κ1) is 29.9. The van der Waals surface area contributed by atoms with Gasteiger partial charge in [-0.3, -0.25) is 4.79 Å². The van der Waals surface area contributed by atoms with Crippen LogP contribution in [0, 0.1) is 11.8 Å². The number of halogens is 3. The molecule has 1 saturated heterocycles. The van der Waals surface area contributed by atoms with Crippen LogP contribution in [0.2, 0.25) is 0 Å². The van der Waals surface area contributed by atoms with Gasteiger partial charge in [0.2, 0.25) is 0 Å². The number of nitrogens with zero attached hydrogens (tertiary/aromatic N) is 2. The zero-order valence-electron chi connectivity index (χ0n) is 22.8. The fraction of sp³-hybridized carbons (Fsp3) is 0.414. The summed E-state index contributed by atoms with van der Waals surface area (Å²) in [5.74, 6) is 6.32. The predicted molar refractivity (Wildman–Crippen MR) is 151 cm³/mol. The molecule has 0 radical (unpaired) electrons. The number of nitrogens with one attached hydrogen (secondary N) is 3. The third kappa shape index (κ3) is 8.40. The summed E-state index contributed by atoms with van der Waals surface area (Å²) in [6, 6.07) is 12.3. The van der Waals surface area contributed by atoms with E-state index in [1.165, 1.54) is 11.7 Å². The van der Waals surface area contributed by atoms with Crippen LogP contribution in [-0.4, -0.2) is 75.9 Å². The number of piperidine rings is 1. The van der Waals surface area contributed by atoms with Gasteiger partial charge >= 0.3 is 6.18 Å². The molecule has 10 heteroatoms. The summed E-state index contributed by atoms with van der Waals surface area (Å²) >= 11 is 0. The standard InChI is InChI=1S/C27H29F3N4O2.C2H7N/c1-33-13-10-20(11-14-33)32-23-6-3-7-25-22(23)16-21(34(25)18-27(28,29)30)5-4-12-31-24-9-8-19(17-35)15-26(24)36-2;1-3-2/h3,6-9,15-17,20,31-32H,10-14,18H2,1-2H3;3H,1-2H3. The lowest BCUT2D eigenvalue weighted by Gasteiger charge is -2.30. The Bertz CT molecular complexity index is 1300. The highest BCUT2D eigenvalue weighted by molar-refractivity contribution is 5.94. The molecule has 0 unspecified atom stereocenters. The van der Waals surface area contributed by atoms with Gasteiger partial charge in [0.25, 0.3) is 0 Å². The summed E-state index contributed by atoms with van der Waals surface area (Å²) < 4.78 is 46.9. The molecule has 0 atom stereocenters. The van der Waals surface area contributed by atoms with Crippen molar-refractivity contribution >= 4 is 28.6 Å². The Hall–Kier alpha value is -3.68. The Balaban J connectivity index is 0.00000134. The van der Waals surface area contributed by atoms with Crippen LogP contribution < -0.4 is 20.7 Å². The summed E-state index contributed by atoms with van der Waals surface area (Å²) in [7, 11) is 7.33. The number of aromatic nitrogens is 1. The van der Waals surface area contributed by atoms with Gasteiger partial charge in [0.15, 0.2) is 0 Å². The van der Waals surface area contributed by atoms with Crippen LogP contribution >= 0.6 is 0 Å². The maximum Gasteiger partial charge on any atom is 0.406 e. The summed E-state index contributed by atoms with van der Waals surface area (Å²) in [6.07, 6.45) is -1.70. The van der Waals surface area contributed by atoms with Gasteiger partial charge in [-0.25, -0.2) is 0 Å². The highest BCUT2D eigenvalue weighted by Crippen LogP contribution is 2.31. The zero-order valence-corrected chi connectivity index (χ0v) is 22.8. The molecule has 0 saturated carbocycles. The highest BCUT2D eigenvalue weighted by Gasteiger charge is 2.30. The monoisotopic (exact) mass is 543 g/mol. The van der Waals surface area contributed by atoms with Crippen molar-refractivity contribution in [2.24, 2.45) is 0 Å².